The molecule has 0 saturated heterocycles. The molecular formula is C15H12N4O4. The van der Waals surface area contributed by atoms with E-state index in [-0.39, 0.29) is 5.69 Å². The van der Waals surface area contributed by atoms with E-state index in [0.717, 1.165) is 0 Å². The zero-order chi connectivity index (χ0) is 16.4. The van der Waals surface area contributed by atoms with Crippen LogP contribution in [0, 0.1) is 6.92 Å². The number of carbonyl (C=O) groups is 2. The summed E-state index contributed by atoms with van der Waals surface area (Å²) in [6.45, 7) is 1.63. The molecule has 8 heteroatoms. The van der Waals surface area contributed by atoms with Crippen molar-refractivity contribution < 1.29 is 14.0 Å². The molecule has 0 saturated carbocycles. The topological polar surface area (TPSA) is 117 Å². The van der Waals surface area contributed by atoms with E-state index < -0.39 is 17.4 Å². The molecule has 3 rings (SSSR count). The molecule has 23 heavy (non-hydrogen) atoms. The monoisotopic (exact) mass is 312 g/mol. The van der Waals surface area contributed by atoms with Crippen molar-refractivity contribution in [2.45, 2.75) is 6.92 Å². The average molecular weight is 312 g/mol. The summed E-state index contributed by atoms with van der Waals surface area (Å²) in [5.41, 5.74) is 4.45. The quantitative estimate of drug-likeness (QED) is 0.608. The maximum atomic E-state index is 12.2. The number of hydrogen-bond donors (Lipinski definition) is 3. The molecule has 0 radical (unpaired) electrons. The second kappa shape index (κ2) is 5.76. The van der Waals surface area contributed by atoms with Gasteiger partial charge in [-0.25, -0.2) is 5.10 Å². The van der Waals surface area contributed by atoms with Crippen LogP contribution in [0.4, 0.5) is 0 Å². The molecule has 0 unspecified atom stereocenters. The number of nitrogens with zero attached hydrogens (tertiary/aromatic N) is 1. The van der Waals surface area contributed by atoms with Gasteiger partial charge in [0.25, 0.3) is 17.4 Å². The first-order chi connectivity index (χ1) is 11.1. The van der Waals surface area contributed by atoms with Gasteiger partial charge in [0.05, 0.1) is 17.2 Å². The number of amides is 2. The Hall–Kier alpha value is -3.42. The Labute approximate surface area is 129 Å². The van der Waals surface area contributed by atoms with Gasteiger partial charge in [0.15, 0.2) is 5.69 Å². The predicted octanol–water partition coefficient (Wildman–Crippen LogP) is 0.899. The Morgan fingerprint density at radius 1 is 1.09 bits per heavy atom. The van der Waals surface area contributed by atoms with Gasteiger partial charge in [-0.05, 0) is 19.1 Å². The molecule has 0 bridgehead atoms. The van der Waals surface area contributed by atoms with E-state index in [1.807, 2.05) is 0 Å². The van der Waals surface area contributed by atoms with Crippen LogP contribution in [0.25, 0.3) is 10.8 Å². The molecule has 2 heterocycles. The lowest BCUT2D eigenvalue weighted by Gasteiger charge is -2.07. The highest BCUT2D eigenvalue weighted by Crippen LogP contribution is 2.12. The van der Waals surface area contributed by atoms with E-state index in [9.17, 15) is 14.4 Å². The third kappa shape index (κ3) is 2.69. The van der Waals surface area contributed by atoms with Crippen LogP contribution in [0.2, 0.25) is 0 Å². The lowest BCUT2D eigenvalue weighted by Crippen LogP contribution is -2.42. The van der Waals surface area contributed by atoms with Gasteiger partial charge in [0, 0.05) is 5.39 Å². The number of aromatic nitrogens is 2. The maximum absolute atomic E-state index is 12.2. The molecule has 0 fully saturated rings. The van der Waals surface area contributed by atoms with Gasteiger partial charge in [0.1, 0.15) is 5.76 Å². The van der Waals surface area contributed by atoms with Crippen molar-refractivity contribution >= 4 is 22.6 Å². The molecule has 1 aromatic carbocycles. The van der Waals surface area contributed by atoms with Crippen molar-refractivity contribution in [3.8, 4) is 0 Å². The maximum Gasteiger partial charge on any atom is 0.290 e. The van der Waals surface area contributed by atoms with Crippen molar-refractivity contribution in [2.24, 2.45) is 0 Å². The van der Waals surface area contributed by atoms with Crippen LogP contribution >= 0.6 is 0 Å². The van der Waals surface area contributed by atoms with Crippen molar-refractivity contribution in [3.05, 3.63) is 64.0 Å². The molecule has 3 aromatic rings. The molecule has 0 atom stereocenters. The Balaban J connectivity index is 1.82. The van der Waals surface area contributed by atoms with Crippen molar-refractivity contribution in [2.75, 3.05) is 0 Å². The van der Waals surface area contributed by atoms with Crippen LogP contribution < -0.4 is 16.4 Å². The van der Waals surface area contributed by atoms with Crippen LogP contribution in [0.15, 0.2) is 45.8 Å². The molecule has 2 amide bonds. The zero-order valence-corrected chi connectivity index (χ0v) is 12.0. The molecule has 3 N–H and O–H groups in total. The van der Waals surface area contributed by atoms with Crippen molar-refractivity contribution in [3.63, 3.8) is 0 Å². The number of aromatic amines is 1. The summed E-state index contributed by atoms with van der Waals surface area (Å²) in [7, 11) is 0. The minimum absolute atomic E-state index is 0.00409. The van der Waals surface area contributed by atoms with Crippen molar-refractivity contribution in [1.82, 2.24) is 21.0 Å². The smallest absolute Gasteiger partial charge is 0.290 e. The number of furan rings is 1. The molecule has 0 aliphatic heterocycles. The Morgan fingerprint density at radius 3 is 2.48 bits per heavy atom. The number of hydrogen-bond acceptors (Lipinski definition) is 5. The molecule has 116 valence electrons. The van der Waals surface area contributed by atoms with Gasteiger partial charge in [-0.3, -0.25) is 25.2 Å². The summed E-state index contributed by atoms with van der Waals surface area (Å²) in [6.07, 6.45) is 1.38. The Bertz CT molecular complexity index is 957. The number of carbonyl (C=O) groups excluding carboxylic acids is 2. The summed E-state index contributed by atoms with van der Waals surface area (Å²) in [4.78, 5) is 35.8. The normalized spacial score (nSPS) is 10.5. The summed E-state index contributed by atoms with van der Waals surface area (Å²) < 4.78 is 5.02. The van der Waals surface area contributed by atoms with Gasteiger partial charge in [-0.1, -0.05) is 18.2 Å². The first-order valence-electron chi connectivity index (χ1n) is 6.70. The number of hydrazine groups is 1. The lowest BCUT2D eigenvalue weighted by atomic mass is 10.1. The second-order valence-electron chi connectivity index (χ2n) is 4.75. The fourth-order valence-electron chi connectivity index (χ4n) is 2.15. The third-order valence-corrected chi connectivity index (χ3v) is 3.30. The summed E-state index contributed by atoms with van der Waals surface area (Å²) in [5, 5.41) is 6.73. The minimum atomic E-state index is -0.646. The van der Waals surface area contributed by atoms with Gasteiger partial charge in [-0.15, -0.1) is 0 Å². The zero-order valence-electron chi connectivity index (χ0n) is 12.0. The minimum Gasteiger partial charge on any atom is -0.469 e. The van der Waals surface area contributed by atoms with Gasteiger partial charge in [0.2, 0.25) is 0 Å². The SMILES string of the molecule is Cc1occc1C(=O)NNC(=O)c1n[nH]c(=O)c2ccccc12. The van der Waals surface area contributed by atoms with E-state index in [1.165, 1.54) is 12.3 Å². The number of aryl methyl sites for hydroxylation is 1. The number of H-pyrrole nitrogens is 1. The fourth-order valence-corrected chi connectivity index (χ4v) is 2.15. The Morgan fingerprint density at radius 2 is 1.78 bits per heavy atom. The van der Waals surface area contributed by atoms with Crippen LogP contribution in [0.5, 0.6) is 0 Å². The third-order valence-electron chi connectivity index (χ3n) is 3.30. The predicted molar refractivity (Wildman–Crippen MR) is 80.7 cm³/mol. The second-order valence-corrected chi connectivity index (χ2v) is 4.75. The summed E-state index contributed by atoms with van der Waals surface area (Å²) >= 11 is 0. The number of nitrogens with one attached hydrogen (secondary N) is 3. The van der Waals surface area contributed by atoms with E-state index in [1.54, 1.807) is 31.2 Å². The van der Waals surface area contributed by atoms with E-state index in [2.05, 4.69) is 21.0 Å². The van der Waals surface area contributed by atoms with Crippen LogP contribution in [0.3, 0.4) is 0 Å². The molecular weight excluding hydrogens is 300 g/mol. The first kappa shape index (κ1) is 14.5. The van der Waals surface area contributed by atoms with Gasteiger partial charge < -0.3 is 4.42 Å². The highest BCUT2D eigenvalue weighted by Gasteiger charge is 2.16. The largest absolute Gasteiger partial charge is 0.469 e. The molecule has 2 aromatic heterocycles. The number of fused-ring (bicyclic) bond motifs is 1. The highest BCUT2D eigenvalue weighted by molar-refractivity contribution is 6.06. The fraction of sp³-hybridized carbons (Fsp3) is 0.0667. The van der Waals surface area contributed by atoms with Gasteiger partial charge >= 0.3 is 0 Å². The van der Waals surface area contributed by atoms with Crippen LogP contribution in [0.1, 0.15) is 26.6 Å². The van der Waals surface area contributed by atoms with Crippen LogP contribution in [-0.2, 0) is 0 Å². The lowest BCUT2D eigenvalue weighted by molar-refractivity contribution is 0.0843. The molecule has 8 nitrogen and oxygen atoms in total. The molecule has 0 aliphatic rings. The first-order valence-corrected chi connectivity index (χ1v) is 6.70. The highest BCUT2D eigenvalue weighted by atomic mass is 16.3. The van der Waals surface area contributed by atoms with Crippen molar-refractivity contribution in [1.29, 1.82) is 0 Å². The number of benzene rings is 1. The number of rotatable bonds is 2. The van der Waals surface area contributed by atoms with Gasteiger partial charge in [-0.2, -0.15) is 5.10 Å². The summed E-state index contributed by atoms with van der Waals surface area (Å²) in [5.74, 6) is -0.727. The Kier molecular flexibility index (Phi) is 3.63. The van der Waals surface area contributed by atoms with Crippen LogP contribution in [-0.4, -0.2) is 22.0 Å². The van der Waals surface area contributed by atoms with E-state index >= 15 is 0 Å². The molecule has 0 aliphatic carbocycles. The summed E-state index contributed by atoms with van der Waals surface area (Å²) in [6, 6.07) is 8.05. The average Bonchev–Trinajstić information content (AvgIpc) is 2.99. The van der Waals surface area contributed by atoms with E-state index in [4.69, 9.17) is 4.42 Å². The van der Waals surface area contributed by atoms with E-state index in [0.29, 0.717) is 22.1 Å². The standard InChI is InChI=1S/C15H12N4O4/c1-8-9(6-7-23-8)13(20)18-19-15(22)12-10-4-2-3-5-11(10)14(21)17-16-12/h2-7H,1H3,(H,17,21)(H,18,20)(H,19,22). The molecule has 0 spiro atoms.